The van der Waals surface area contributed by atoms with E-state index in [1.54, 1.807) is 6.20 Å². The fourth-order valence-electron chi connectivity index (χ4n) is 2.86. The van der Waals surface area contributed by atoms with Gasteiger partial charge in [-0.15, -0.1) is 0 Å². The largest absolute Gasteiger partial charge is 0.310 e. The van der Waals surface area contributed by atoms with Crippen molar-refractivity contribution in [1.29, 1.82) is 0 Å². The summed E-state index contributed by atoms with van der Waals surface area (Å²) in [5.74, 6) is -0.253. The van der Waals surface area contributed by atoms with Crippen LogP contribution in [0.4, 0.5) is 8.78 Å². The van der Waals surface area contributed by atoms with Gasteiger partial charge in [-0.25, -0.2) is 8.78 Å². The zero-order valence-corrected chi connectivity index (χ0v) is 13.0. The van der Waals surface area contributed by atoms with E-state index in [0.717, 1.165) is 12.0 Å². The predicted molar refractivity (Wildman–Crippen MR) is 79.9 cm³/mol. The first-order valence-electron chi connectivity index (χ1n) is 7.63. The first-order chi connectivity index (χ1) is 9.86. The van der Waals surface area contributed by atoms with Crippen LogP contribution in [0.1, 0.15) is 38.8 Å². The molecule has 0 N–H and O–H groups in total. The molecular weight excluding hydrogens is 274 g/mol. The molecule has 1 aromatic rings. The van der Waals surface area contributed by atoms with Gasteiger partial charge < -0.3 is 4.57 Å². The second kappa shape index (κ2) is 6.69. The molecule has 0 saturated carbocycles. The predicted octanol–water partition coefficient (Wildman–Crippen LogP) is 2.79. The summed E-state index contributed by atoms with van der Waals surface area (Å²) < 4.78 is 28.1. The highest BCUT2D eigenvalue weighted by molar-refractivity contribution is 5.13. The molecule has 1 atom stereocenters. The van der Waals surface area contributed by atoms with Gasteiger partial charge in [-0.3, -0.25) is 9.69 Å². The van der Waals surface area contributed by atoms with Crippen LogP contribution in [0.25, 0.3) is 0 Å². The number of aromatic nitrogens is 1. The highest BCUT2D eigenvalue weighted by Gasteiger charge is 2.25. The number of rotatable bonds is 6. The van der Waals surface area contributed by atoms with Crippen LogP contribution in [0.3, 0.4) is 0 Å². The highest BCUT2D eigenvalue weighted by Crippen LogP contribution is 2.17. The molecule has 1 saturated heterocycles. The van der Waals surface area contributed by atoms with Gasteiger partial charge >= 0.3 is 0 Å². The van der Waals surface area contributed by atoms with Gasteiger partial charge in [-0.1, -0.05) is 13.8 Å². The lowest BCUT2D eigenvalue weighted by Crippen LogP contribution is -2.48. The molecule has 1 aromatic heterocycles. The molecule has 0 spiro atoms. The summed E-state index contributed by atoms with van der Waals surface area (Å²) in [5.41, 5.74) is 0.240. The smallest absolute Gasteiger partial charge is 0.286 e. The Morgan fingerprint density at radius 2 is 2.00 bits per heavy atom. The SMILES string of the molecule is CC(C)CC(C)n1cc(CCN2CC(F)C2)cc(F)c1=O. The molecule has 1 aliphatic rings. The van der Waals surface area contributed by atoms with Crippen LogP contribution in [0.5, 0.6) is 0 Å². The van der Waals surface area contributed by atoms with E-state index in [1.165, 1.54) is 10.6 Å². The molecule has 21 heavy (non-hydrogen) atoms. The molecule has 0 amide bonds. The van der Waals surface area contributed by atoms with Crippen LogP contribution >= 0.6 is 0 Å². The van der Waals surface area contributed by atoms with E-state index in [9.17, 15) is 13.6 Å². The van der Waals surface area contributed by atoms with Gasteiger partial charge in [0.05, 0.1) is 0 Å². The van der Waals surface area contributed by atoms with Crippen LogP contribution in [0.2, 0.25) is 0 Å². The van der Waals surface area contributed by atoms with E-state index in [2.05, 4.69) is 13.8 Å². The Morgan fingerprint density at radius 3 is 2.57 bits per heavy atom. The van der Waals surface area contributed by atoms with Crippen molar-refractivity contribution >= 4 is 0 Å². The lowest BCUT2D eigenvalue weighted by atomic mass is 10.0. The maximum atomic E-state index is 13.8. The van der Waals surface area contributed by atoms with Crippen LogP contribution in [0, 0.1) is 11.7 Å². The fraction of sp³-hybridized carbons (Fsp3) is 0.688. The Hall–Kier alpha value is -1.23. The maximum Gasteiger partial charge on any atom is 0.286 e. The summed E-state index contributed by atoms with van der Waals surface area (Å²) >= 11 is 0. The molecule has 1 aliphatic heterocycles. The minimum Gasteiger partial charge on any atom is -0.310 e. The standard InChI is InChI=1S/C16H24F2N2O/c1-11(2)6-12(3)20-8-13(7-15(18)16(20)21)4-5-19-9-14(17)10-19/h7-8,11-12,14H,4-6,9-10H2,1-3H3. The monoisotopic (exact) mass is 298 g/mol. The van der Waals surface area contributed by atoms with Crippen LogP contribution in [-0.2, 0) is 6.42 Å². The molecule has 2 rings (SSSR count). The minimum absolute atomic E-state index is 0.0221. The third-order valence-corrected chi connectivity index (χ3v) is 3.97. The van der Waals surface area contributed by atoms with Crippen LogP contribution in [0.15, 0.2) is 17.1 Å². The van der Waals surface area contributed by atoms with Crippen molar-refractivity contribution < 1.29 is 8.78 Å². The van der Waals surface area contributed by atoms with Crippen molar-refractivity contribution in [3.8, 4) is 0 Å². The Kier molecular flexibility index (Phi) is 5.14. The Morgan fingerprint density at radius 1 is 1.33 bits per heavy atom. The molecule has 1 fully saturated rings. The molecule has 2 heterocycles. The van der Waals surface area contributed by atoms with Crippen molar-refractivity contribution in [2.45, 2.75) is 45.8 Å². The zero-order chi connectivity index (χ0) is 15.6. The molecule has 0 radical (unpaired) electrons. The molecule has 0 aromatic carbocycles. The third kappa shape index (κ3) is 4.13. The first-order valence-corrected chi connectivity index (χ1v) is 7.63. The number of alkyl halides is 1. The molecule has 1 unspecified atom stereocenters. The van der Waals surface area contributed by atoms with E-state index >= 15 is 0 Å². The molecule has 0 aliphatic carbocycles. The minimum atomic E-state index is -0.721. The zero-order valence-electron chi connectivity index (χ0n) is 13.0. The van der Waals surface area contributed by atoms with Crippen molar-refractivity contribution in [2.75, 3.05) is 19.6 Å². The topological polar surface area (TPSA) is 25.2 Å². The summed E-state index contributed by atoms with van der Waals surface area (Å²) in [7, 11) is 0. The number of halogens is 2. The van der Waals surface area contributed by atoms with E-state index in [1.807, 2.05) is 11.8 Å². The third-order valence-electron chi connectivity index (χ3n) is 3.97. The van der Waals surface area contributed by atoms with Gasteiger partial charge in [-0.05, 0) is 37.3 Å². The van der Waals surface area contributed by atoms with Gasteiger partial charge in [0.25, 0.3) is 5.56 Å². The number of pyridine rings is 1. The Bertz CT molecular complexity index is 536. The first kappa shape index (κ1) is 16.1. The molecule has 118 valence electrons. The maximum absolute atomic E-state index is 13.8. The van der Waals surface area contributed by atoms with E-state index in [-0.39, 0.29) is 6.04 Å². The van der Waals surface area contributed by atoms with Crippen molar-refractivity contribution in [1.82, 2.24) is 9.47 Å². The summed E-state index contributed by atoms with van der Waals surface area (Å²) in [4.78, 5) is 13.9. The quantitative estimate of drug-likeness (QED) is 0.807. The van der Waals surface area contributed by atoms with Gasteiger partial charge in [0.2, 0.25) is 0 Å². The van der Waals surface area contributed by atoms with Crippen LogP contribution < -0.4 is 5.56 Å². The molecule has 5 heteroatoms. The molecule has 0 bridgehead atoms. The number of likely N-dealkylation sites (tertiary alicyclic amines) is 1. The van der Waals surface area contributed by atoms with E-state index < -0.39 is 17.5 Å². The Balaban J connectivity index is 2.08. The van der Waals surface area contributed by atoms with E-state index in [4.69, 9.17) is 0 Å². The summed E-state index contributed by atoms with van der Waals surface area (Å²) in [5, 5.41) is 0. The van der Waals surface area contributed by atoms with E-state index in [0.29, 0.717) is 32.0 Å². The number of nitrogens with zero attached hydrogens (tertiary/aromatic N) is 2. The molecular formula is C16H24F2N2O. The van der Waals surface area contributed by atoms with Crippen molar-refractivity contribution in [3.63, 3.8) is 0 Å². The highest BCUT2D eigenvalue weighted by atomic mass is 19.1. The van der Waals surface area contributed by atoms with Crippen molar-refractivity contribution in [3.05, 3.63) is 34.0 Å². The van der Waals surface area contributed by atoms with Crippen LogP contribution in [-0.4, -0.2) is 35.3 Å². The normalized spacial score (nSPS) is 18.0. The summed E-state index contributed by atoms with van der Waals surface area (Å²) in [6.45, 7) is 7.74. The van der Waals surface area contributed by atoms with Gasteiger partial charge in [0.15, 0.2) is 5.82 Å². The average Bonchev–Trinajstić information content (AvgIpc) is 2.36. The fourth-order valence-corrected chi connectivity index (χ4v) is 2.86. The summed E-state index contributed by atoms with van der Waals surface area (Å²) in [6, 6.07) is 1.29. The summed E-state index contributed by atoms with van der Waals surface area (Å²) in [6.07, 6.45) is 2.50. The van der Waals surface area contributed by atoms with Gasteiger partial charge in [-0.2, -0.15) is 0 Å². The van der Waals surface area contributed by atoms with Crippen molar-refractivity contribution in [2.24, 2.45) is 5.92 Å². The lowest BCUT2D eigenvalue weighted by Gasteiger charge is -2.34. The Labute approximate surface area is 124 Å². The number of hydrogen-bond donors (Lipinski definition) is 0. The molecule has 3 nitrogen and oxygen atoms in total. The second-order valence-corrected chi connectivity index (χ2v) is 6.49. The number of hydrogen-bond acceptors (Lipinski definition) is 2. The van der Waals surface area contributed by atoms with Gasteiger partial charge in [0.1, 0.15) is 6.17 Å². The van der Waals surface area contributed by atoms with Gasteiger partial charge in [0, 0.05) is 31.9 Å². The lowest BCUT2D eigenvalue weighted by molar-refractivity contribution is 0.0670. The average molecular weight is 298 g/mol. The second-order valence-electron chi connectivity index (χ2n) is 6.49.